The highest BCUT2D eigenvalue weighted by Gasteiger charge is 2.24. The lowest BCUT2D eigenvalue weighted by Gasteiger charge is -2.14. The van der Waals surface area contributed by atoms with E-state index in [-0.39, 0.29) is 11.4 Å². The van der Waals surface area contributed by atoms with Gasteiger partial charge in [-0.2, -0.15) is 38.8 Å². The third-order valence-electron chi connectivity index (χ3n) is 10.5. The van der Waals surface area contributed by atoms with Crippen molar-refractivity contribution in [3.63, 3.8) is 0 Å². The molecule has 0 saturated heterocycles. The fraction of sp³-hybridized carbons (Fsp3) is 0.409. The summed E-state index contributed by atoms with van der Waals surface area (Å²) in [6, 6.07) is 11.2. The number of unbranched alkanes of at least 4 members (excludes halogenated alkanes) is 15. The van der Waals surface area contributed by atoms with Crippen molar-refractivity contribution in [1.82, 2.24) is 0 Å². The number of nitrogens with one attached hydrogen (secondary N) is 2. The number of amides is 2. The number of hydrogen-bond acceptors (Lipinski definition) is 14. The first-order chi connectivity index (χ1) is 31.9. The smallest absolute Gasteiger partial charge is 0.294 e. The van der Waals surface area contributed by atoms with Crippen molar-refractivity contribution in [3.8, 4) is 11.5 Å². The SMILES string of the molecule is CCCCCCCCCCCCCCCCCCOc1ccc(N=Nc2cc(NC(=O)c3cc(S(=O)(=O)O)cc(S(=O)(=O)O)c3)c(O)cc2NC(=O)c2cc(S(=O)(=O)O)cc(S(=O)(=O)O)c2)cc1. The van der Waals surface area contributed by atoms with Gasteiger partial charge >= 0.3 is 0 Å². The van der Waals surface area contributed by atoms with Crippen molar-refractivity contribution in [3.05, 3.63) is 83.9 Å². The van der Waals surface area contributed by atoms with E-state index < -0.39 is 100 Å². The highest BCUT2D eigenvalue weighted by molar-refractivity contribution is 7.87. The second-order valence-corrected chi connectivity index (χ2v) is 21.6. The summed E-state index contributed by atoms with van der Waals surface area (Å²) in [6.07, 6.45) is 19.9. The minimum Gasteiger partial charge on any atom is -0.506 e. The third-order valence-corrected chi connectivity index (χ3v) is 13.8. The molecule has 0 aliphatic carbocycles. The number of phenolic OH excluding ortho intramolecular Hbond substituents is 1. The minimum absolute atomic E-state index is 0.231. The number of azo groups is 1. The van der Waals surface area contributed by atoms with E-state index in [1.54, 1.807) is 24.3 Å². The molecular weight excluding hydrogens is 969 g/mol. The number of rotatable bonds is 28. The normalized spacial score (nSPS) is 12.3. The number of carbonyl (C=O) groups is 2. The second-order valence-electron chi connectivity index (χ2n) is 15.9. The Labute approximate surface area is 396 Å². The van der Waals surface area contributed by atoms with Gasteiger partial charge in [-0.25, -0.2) is 0 Å². The van der Waals surface area contributed by atoms with Crippen LogP contribution in [0.25, 0.3) is 0 Å². The van der Waals surface area contributed by atoms with E-state index in [1.165, 1.54) is 83.5 Å². The number of ether oxygens (including phenoxy) is 1. The van der Waals surface area contributed by atoms with Gasteiger partial charge in [0.2, 0.25) is 0 Å². The molecule has 0 fully saturated rings. The van der Waals surface area contributed by atoms with E-state index >= 15 is 0 Å². The maximum atomic E-state index is 13.4. The van der Waals surface area contributed by atoms with Crippen LogP contribution in [0.4, 0.5) is 22.7 Å². The highest BCUT2D eigenvalue weighted by atomic mass is 32.2. The molecule has 4 aromatic rings. The lowest BCUT2D eigenvalue weighted by atomic mass is 10.0. The lowest BCUT2D eigenvalue weighted by molar-refractivity contribution is 0.101. The van der Waals surface area contributed by atoms with Crippen molar-refractivity contribution >= 4 is 75.0 Å². The van der Waals surface area contributed by atoms with Gasteiger partial charge in [0.25, 0.3) is 52.3 Å². The van der Waals surface area contributed by atoms with Gasteiger partial charge in [0, 0.05) is 17.2 Å². The van der Waals surface area contributed by atoms with Crippen molar-refractivity contribution in [1.29, 1.82) is 0 Å². The molecule has 0 heterocycles. The molecule has 68 heavy (non-hydrogen) atoms. The first-order valence-electron chi connectivity index (χ1n) is 21.8. The van der Waals surface area contributed by atoms with Gasteiger partial charge in [-0.3, -0.25) is 27.8 Å². The average molecular weight is 1030 g/mol. The van der Waals surface area contributed by atoms with Crippen LogP contribution in [0.5, 0.6) is 11.5 Å². The second kappa shape index (κ2) is 25.3. The summed E-state index contributed by atoms with van der Waals surface area (Å²) in [5, 5.41) is 23.6. The zero-order valence-corrected chi connectivity index (χ0v) is 40.5. The van der Waals surface area contributed by atoms with E-state index in [4.69, 9.17) is 4.74 Å². The Morgan fingerprint density at radius 3 is 1.24 bits per heavy atom. The maximum absolute atomic E-state index is 13.4. The monoisotopic (exact) mass is 1020 g/mol. The zero-order chi connectivity index (χ0) is 50.1. The Bertz CT molecular complexity index is 2770. The van der Waals surface area contributed by atoms with E-state index in [9.17, 15) is 66.6 Å². The molecule has 0 atom stereocenters. The van der Waals surface area contributed by atoms with Gasteiger partial charge in [0.05, 0.1) is 43.3 Å². The van der Waals surface area contributed by atoms with Gasteiger partial charge < -0.3 is 20.5 Å². The summed E-state index contributed by atoms with van der Waals surface area (Å²) < 4.78 is 139. The Morgan fingerprint density at radius 2 is 0.853 bits per heavy atom. The van der Waals surface area contributed by atoms with Gasteiger partial charge in [-0.1, -0.05) is 103 Å². The van der Waals surface area contributed by atoms with Crippen LogP contribution >= 0.6 is 0 Å². The van der Waals surface area contributed by atoms with Gasteiger partial charge in [-0.15, -0.1) is 5.11 Å². The Morgan fingerprint density at radius 1 is 0.485 bits per heavy atom. The average Bonchev–Trinajstić information content (AvgIpc) is 3.26. The maximum Gasteiger partial charge on any atom is 0.294 e. The summed E-state index contributed by atoms with van der Waals surface area (Å²) in [5.41, 5.74) is -2.49. The first-order valence-corrected chi connectivity index (χ1v) is 27.6. The highest BCUT2D eigenvalue weighted by Crippen LogP contribution is 2.38. The van der Waals surface area contributed by atoms with Gasteiger partial charge in [0.15, 0.2) is 0 Å². The molecule has 0 aliphatic heterocycles. The molecule has 0 spiro atoms. The topological polar surface area (TPSA) is 330 Å². The van der Waals surface area contributed by atoms with Crippen LogP contribution in [0.1, 0.15) is 130 Å². The lowest BCUT2D eigenvalue weighted by Crippen LogP contribution is -2.16. The summed E-state index contributed by atoms with van der Waals surface area (Å²) in [5.74, 6) is -2.84. The molecule has 20 nitrogen and oxygen atoms in total. The molecule has 24 heteroatoms. The summed E-state index contributed by atoms with van der Waals surface area (Å²) in [7, 11) is -20.5. The zero-order valence-electron chi connectivity index (χ0n) is 37.2. The van der Waals surface area contributed by atoms with E-state index in [1.807, 2.05) is 0 Å². The van der Waals surface area contributed by atoms with E-state index in [0.717, 1.165) is 31.4 Å². The van der Waals surface area contributed by atoms with Crippen LogP contribution in [-0.4, -0.2) is 75.4 Å². The van der Waals surface area contributed by atoms with Crippen LogP contribution in [0.3, 0.4) is 0 Å². The Hall–Kier alpha value is -5.34. The van der Waals surface area contributed by atoms with Crippen LogP contribution in [0.15, 0.2) is 103 Å². The van der Waals surface area contributed by atoms with Crippen LogP contribution in [0, 0.1) is 0 Å². The number of nitrogens with zero attached hydrogens (tertiary/aromatic N) is 2. The number of benzene rings is 4. The Balaban J connectivity index is 1.46. The number of aromatic hydroxyl groups is 1. The molecule has 0 unspecified atom stereocenters. The minimum atomic E-state index is -5.12. The molecule has 372 valence electrons. The van der Waals surface area contributed by atoms with E-state index in [0.29, 0.717) is 48.8 Å². The first kappa shape index (κ1) is 55.3. The quantitative estimate of drug-likeness (QED) is 0.0120. The third kappa shape index (κ3) is 18.3. The summed E-state index contributed by atoms with van der Waals surface area (Å²) >= 11 is 0. The predicted molar refractivity (Wildman–Crippen MR) is 252 cm³/mol. The standard InChI is InChI=1S/C44H56N4O16S4/c1-2-3-4-5-6-7-8-9-10-11-12-13-14-15-16-17-22-64-34-20-18-33(19-21-34)47-48-40-29-41(46-44(51)32-25-37(67(58,59)60)28-38(26-32)68(61,62)63)42(49)30-39(40)45-43(50)31-23-35(65(52,53)54)27-36(24-31)66(55,56)57/h18-21,23-30,49H,2-17,22H2,1H3,(H,45,50)(H,46,51)(H,52,53,54)(H,55,56,57)(H,58,59,60)(H,61,62,63). The molecule has 2 amide bonds. The molecule has 0 aliphatic rings. The fourth-order valence-corrected chi connectivity index (χ4v) is 9.17. The summed E-state index contributed by atoms with van der Waals surface area (Å²) in [6.45, 7) is 2.72. The van der Waals surface area contributed by atoms with Crippen molar-refractivity contribution < 1.29 is 71.3 Å². The molecule has 4 rings (SSSR count). The van der Waals surface area contributed by atoms with Crippen LogP contribution < -0.4 is 15.4 Å². The van der Waals surface area contributed by atoms with Crippen molar-refractivity contribution in [2.45, 2.75) is 129 Å². The van der Waals surface area contributed by atoms with Crippen LogP contribution in [0.2, 0.25) is 0 Å². The van der Waals surface area contributed by atoms with Gasteiger partial charge in [0.1, 0.15) is 17.2 Å². The van der Waals surface area contributed by atoms with Gasteiger partial charge in [-0.05, 0) is 73.2 Å². The predicted octanol–water partition coefficient (Wildman–Crippen LogP) is 9.94. The molecular formula is C44H56N4O16S4. The number of carbonyl (C=O) groups excluding carboxylic acids is 2. The molecule has 4 aromatic carbocycles. The molecule has 0 saturated carbocycles. The van der Waals surface area contributed by atoms with Crippen molar-refractivity contribution in [2.75, 3.05) is 17.2 Å². The van der Waals surface area contributed by atoms with Crippen molar-refractivity contribution in [2.24, 2.45) is 10.2 Å². The number of hydrogen-bond donors (Lipinski definition) is 7. The summed E-state index contributed by atoms with van der Waals surface area (Å²) in [4.78, 5) is 22.4. The largest absolute Gasteiger partial charge is 0.506 e. The molecule has 0 aromatic heterocycles. The molecule has 7 N–H and O–H groups in total. The van der Waals surface area contributed by atoms with E-state index in [2.05, 4.69) is 27.8 Å². The Kier molecular flexibility index (Phi) is 20.6. The fourth-order valence-electron chi connectivity index (χ4n) is 6.81. The number of anilines is 2. The molecule has 0 radical (unpaired) electrons. The van der Waals surface area contributed by atoms with Crippen LogP contribution in [-0.2, 0) is 40.5 Å². The molecule has 0 bridgehead atoms. The number of phenols is 1.